The van der Waals surface area contributed by atoms with Crippen molar-refractivity contribution in [1.82, 2.24) is 0 Å². The molecule has 0 saturated carbocycles. The maximum absolute atomic E-state index is 9.28. The molecule has 1 nitrogen and oxygen atoms in total. The first-order valence-corrected chi connectivity index (χ1v) is 4.22. The summed E-state index contributed by atoms with van der Waals surface area (Å²) < 4.78 is 0. The fourth-order valence-electron chi connectivity index (χ4n) is 1.17. The summed E-state index contributed by atoms with van der Waals surface area (Å²) in [5, 5.41) is 9.92. The number of allylic oxidation sites excluding steroid dienone is 1. The van der Waals surface area contributed by atoms with E-state index in [0.717, 1.165) is 19.3 Å². The van der Waals surface area contributed by atoms with E-state index in [4.69, 9.17) is 11.6 Å². The maximum atomic E-state index is 9.28. The Morgan fingerprint density at radius 3 is 3.00 bits per heavy atom. The summed E-state index contributed by atoms with van der Waals surface area (Å²) in [5.41, 5.74) is 0. The molecule has 1 atom stereocenters. The first-order chi connectivity index (χ1) is 4.80. The van der Waals surface area contributed by atoms with Crippen LogP contribution in [0.2, 0.25) is 0 Å². The van der Waals surface area contributed by atoms with Crippen LogP contribution < -0.4 is 0 Å². The van der Waals surface area contributed by atoms with Crippen LogP contribution in [0.4, 0.5) is 0 Å². The van der Waals surface area contributed by atoms with Gasteiger partial charge in [0.15, 0.2) is 0 Å². The minimum absolute atomic E-state index is 0.387. The molecule has 1 rings (SSSR count). The van der Waals surface area contributed by atoms with Crippen LogP contribution in [-0.4, -0.2) is 11.2 Å². The molecule has 1 aliphatic rings. The fraction of sp³-hybridized carbons (Fsp3) is 0.750. The van der Waals surface area contributed by atoms with Crippen LogP contribution in [0.25, 0.3) is 0 Å². The van der Waals surface area contributed by atoms with Gasteiger partial charge in [0.2, 0.25) is 0 Å². The quantitative estimate of drug-likeness (QED) is 0.577. The largest absolute Gasteiger partial charge is 0.388 e. The molecular formula is C8H13ClO. The second kappa shape index (κ2) is 3.99. The first-order valence-electron chi connectivity index (χ1n) is 3.84. The van der Waals surface area contributed by atoms with Gasteiger partial charge in [0.1, 0.15) is 0 Å². The van der Waals surface area contributed by atoms with Gasteiger partial charge in [0.25, 0.3) is 0 Å². The van der Waals surface area contributed by atoms with Crippen LogP contribution in [0.1, 0.15) is 32.1 Å². The SMILES string of the molecule is OC1CCCCC/C=C\1Cl. The van der Waals surface area contributed by atoms with Crippen LogP contribution in [-0.2, 0) is 0 Å². The predicted octanol–water partition coefficient (Wildman–Crippen LogP) is 2.43. The number of rotatable bonds is 0. The van der Waals surface area contributed by atoms with Gasteiger partial charge >= 0.3 is 0 Å². The molecular weight excluding hydrogens is 148 g/mol. The zero-order chi connectivity index (χ0) is 7.40. The normalized spacial score (nSPS) is 33.8. The van der Waals surface area contributed by atoms with Crippen molar-refractivity contribution >= 4 is 11.6 Å². The molecule has 58 valence electrons. The molecule has 0 radical (unpaired) electrons. The molecule has 0 spiro atoms. The van der Waals surface area contributed by atoms with Crippen LogP contribution in [0.5, 0.6) is 0 Å². The Morgan fingerprint density at radius 1 is 1.40 bits per heavy atom. The van der Waals surface area contributed by atoms with E-state index in [-0.39, 0.29) is 6.10 Å². The maximum Gasteiger partial charge on any atom is 0.0892 e. The summed E-state index contributed by atoms with van der Waals surface area (Å²) in [5.74, 6) is 0. The minimum atomic E-state index is -0.387. The molecule has 10 heavy (non-hydrogen) atoms. The minimum Gasteiger partial charge on any atom is -0.388 e. The van der Waals surface area contributed by atoms with Gasteiger partial charge in [-0.25, -0.2) is 0 Å². The molecule has 0 aromatic carbocycles. The van der Waals surface area contributed by atoms with Crippen molar-refractivity contribution in [3.05, 3.63) is 11.1 Å². The second-order valence-electron chi connectivity index (χ2n) is 2.74. The van der Waals surface area contributed by atoms with Crippen molar-refractivity contribution in [2.45, 2.75) is 38.2 Å². The summed E-state index contributed by atoms with van der Waals surface area (Å²) in [6, 6.07) is 0. The lowest BCUT2D eigenvalue weighted by molar-refractivity contribution is 0.201. The van der Waals surface area contributed by atoms with E-state index >= 15 is 0 Å². The van der Waals surface area contributed by atoms with Crippen LogP contribution >= 0.6 is 11.6 Å². The Labute approximate surface area is 66.7 Å². The van der Waals surface area contributed by atoms with Gasteiger partial charge in [-0.15, -0.1) is 0 Å². The Hall–Kier alpha value is -0.0100. The van der Waals surface area contributed by atoms with E-state index in [1.54, 1.807) is 0 Å². The van der Waals surface area contributed by atoms with Gasteiger partial charge in [-0.1, -0.05) is 30.5 Å². The van der Waals surface area contributed by atoms with Gasteiger partial charge in [0.05, 0.1) is 6.10 Å². The van der Waals surface area contributed by atoms with Crippen molar-refractivity contribution in [3.8, 4) is 0 Å². The molecule has 0 aliphatic heterocycles. The number of hydrogen-bond acceptors (Lipinski definition) is 1. The van der Waals surface area contributed by atoms with Crippen molar-refractivity contribution in [3.63, 3.8) is 0 Å². The molecule has 1 aliphatic carbocycles. The summed E-state index contributed by atoms with van der Waals surface area (Å²) >= 11 is 5.76. The van der Waals surface area contributed by atoms with Gasteiger partial charge < -0.3 is 5.11 Å². The standard InChI is InChI=1S/C8H13ClO/c9-7-5-3-1-2-4-6-8(7)10/h5,8,10H,1-4,6H2/b7-5+. The average molecular weight is 161 g/mol. The summed E-state index contributed by atoms with van der Waals surface area (Å²) in [7, 11) is 0. The molecule has 0 saturated heterocycles. The first kappa shape index (κ1) is 8.09. The summed E-state index contributed by atoms with van der Waals surface area (Å²) in [4.78, 5) is 0. The topological polar surface area (TPSA) is 20.2 Å². The third-order valence-electron chi connectivity index (χ3n) is 1.84. The Bertz CT molecular complexity index is 131. The molecule has 0 aromatic rings. The molecule has 0 bridgehead atoms. The van der Waals surface area contributed by atoms with Gasteiger partial charge in [-0.05, 0) is 19.3 Å². The lowest BCUT2D eigenvalue weighted by atomic mass is 10.0. The Morgan fingerprint density at radius 2 is 2.20 bits per heavy atom. The third-order valence-corrected chi connectivity index (χ3v) is 2.25. The fourth-order valence-corrected chi connectivity index (χ4v) is 1.39. The lowest BCUT2D eigenvalue weighted by Gasteiger charge is -2.11. The lowest BCUT2D eigenvalue weighted by Crippen LogP contribution is -2.07. The number of halogens is 1. The van der Waals surface area contributed by atoms with E-state index in [2.05, 4.69) is 0 Å². The van der Waals surface area contributed by atoms with Crippen LogP contribution in [0.3, 0.4) is 0 Å². The highest BCUT2D eigenvalue weighted by Crippen LogP contribution is 2.19. The second-order valence-corrected chi connectivity index (χ2v) is 3.18. The number of aliphatic hydroxyl groups excluding tert-OH is 1. The smallest absolute Gasteiger partial charge is 0.0892 e. The van der Waals surface area contributed by atoms with Gasteiger partial charge in [0, 0.05) is 5.03 Å². The van der Waals surface area contributed by atoms with E-state index in [9.17, 15) is 5.11 Å². The summed E-state index contributed by atoms with van der Waals surface area (Å²) in [6.07, 6.45) is 6.93. The highest BCUT2D eigenvalue weighted by molar-refractivity contribution is 6.30. The van der Waals surface area contributed by atoms with Gasteiger partial charge in [-0.3, -0.25) is 0 Å². The zero-order valence-electron chi connectivity index (χ0n) is 6.02. The van der Waals surface area contributed by atoms with Gasteiger partial charge in [-0.2, -0.15) is 0 Å². The van der Waals surface area contributed by atoms with Crippen LogP contribution in [0.15, 0.2) is 11.1 Å². The molecule has 0 amide bonds. The predicted molar refractivity (Wildman–Crippen MR) is 43.0 cm³/mol. The molecule has 0 fully saturated rings. The van der Waals surface area contributed by atoms with Crippen molar-refractivity contribution in [1.29, 1.82) is 0 Å². The summed E-state index contributed by atoms with van der Waals surface area (Å²) in [6.45, 7) is 0. The van der Waals surface area contributed by atoms with Crippen LogP contribution in [0, 0.1) is 0 Å². The number of hydrogen-bond donors (Lipinski definition) is 1. The third kappa shape index (κ3) is 2.31. The molecule has 0 aromatic heterocycles. The molecule has 2 heteroatoms. The molecule has 0 heterocycles. The van der Waals surface area contributed by atoms with E-state index < -0.39 is 0 Å². The molecule has 1 N–H and O–H groups in total. The highest BCUT2D eigenvalue weighted by Gasteiger charge is 2.09. The Balaban J connectivity index is 2.48. The van der Waals surface area contributed by atoms with Crippen molar-refractivity contribution in [2.75, 3.05) is 0 Å². The molecule has 1 unspecified atom stereocenters. The van der Waals surface area contributed by atoms with Crippen molar-refractivity contribution in [2.24, 2.45) is 0 Å². The Kier molecular flexibility index (Phi) is 3.23. The van der Waals surface area contributed by atoms with E-state index in [0.29, 0.717) is 5.03 Å². The van der Waals surface area contributed by atoms with E-state index in [1.165, 1.54) is 12.8 Å². The van der Waals surface area contributed by atoms with E-state index in [1.807, 2.05) is 6.08 Å². The number of aliphatic hydroxyl groups is 1. The highest BCUT2D eigenvalue weighted by atomic mass is 35.5. The van der Waals surface area contributed by atoms with Crippen molar-refractivity contribution < 1.29 is 5.11 Å². The zero-order valence-corrected chi connectivity index (χ0v) is 6.77. The average Bonchev–Trinajstić information content (AvgIpc) is 1.92. The monoisotopic (exact) mass is 160 g/mol.